The Morgan fingerprint density at radius 2 is 1.45 bits per heavy atom. The van der Waals surface area contributed by atoms with Crippen molar-refractivity contribution in [2.24, 2.45) is 17.6 Å². The Kier molecular flexibility index (Phi) is 10.5. The van der Waals surface area contributed by atoms with Crippen LogP contribution in [0.2, 0.25) is 0 Å². The molecule has 2 rings (SSSR count). The van der Waals surface area contributed by atoms with Crippen molar-refractivity contribution in [2.75, 3.05) is 5.75 Å². The van der Waals surface area contributed by atoms with Crippen molar-refractivity contribution < 1.29 is 0 Å². The molecule has 2 aliphatic rings. The van der Waals surface area contributed by atoms with Crippen LogP contribution in [0.15, 0.2) is 12.2 Å². The molecule has 0 heterocycles. The lowest BCUT2D eigenvalue weighted by molar-refractivity contribution is 0.196. The average Bonchev–Trinajstić information content (AvgIpc) is 2.50. The minimum atomic E-state index is 0.517. The first-order valence-electron chi connectivity index (χ1n) is 8.27. The fourth-order valence-electron chi connectivity index (χ4n) is 3.44. The summed E-state index contributed by atoms with van der Waals surface area (Å²) in [6.45, 7) is 1.97. The van der Waals surface area contributed by atoms with Crippen LogP contribution in [0.25, 0.3) is 0 Å². The predicted octanol–water partition coefficient (Wildman–Crippen LogP) is 5.69. The van der Waals surface area contributed by atoms with E-state index in [4.69, 9.17) is 5.73 Å². The normalized spacial score (nSPS) is 21.4. The highest BCUT2D eigenvalue weighted by molar-refractivity contribution is 8.23. The van der Waals surface area contributed by atoms with Crippen LogP contribution in [0, 0.1) is 11.8 Å². The van der Waals surface area contributed by atoms with E-state index in [0.29, 0.717) is 4.32 Å². The minimum absolute atomic E-state index is 0.517. The molecule has 3 heteroatoms. The Morgan fingerprint density at radius 3 is 1.80 bits per heavy atom. The van der Waals surface area contributed by atoms with Gasteiger partial charge in [-0.15, -0.1) is 0 Å². The fourth-order valence-corrected chi connectivity index (χ4v) is 4.09. The van der Waals surface area contributed by atoms with Gasteiger partial charge in [-0.1, -0.05) is 100 Å². The molecule has 0 aliphatic heterocycles. The first-order chi connectivity index (χ1) is 9.74. The smallest absolute Gasteiger partial charge is 0.131 e. The van der Waals surface area contributed by atoms with E-state index in [9.17, 15) is 0 Å². The van der Waals surface area contributed by atoms with Crippen LogP contribution in [0.5, 0.6) is 0 Å². The van der Waals surface area contributed by atoms with Crippen molar-refractivity contribution in [3.8, 4) is 0 Å². The van der Waals surface area contributed by atoms with Gasteiger partial charge in [0.2, 0.25) is 0 Å². The molecule has 1 nitrogen and oxygen atoms in total. The quantitative estimate of drug-likeness (QED) is 0.535. The molecular formula is C17H31NS2. The van der Waals surface area contributed by atoms with Crippen LogP contribution >= 0.6 is 24.0 Å². The molecule has 0 bridgehead atoms. The third-order valence-electron chi connectivity index (χ3n) is 4.52. The van der Waals surface area contributed by atoms with Gasteiger partial charge in [0, 0.05) is 5.75 Å². The second-order valence-corrected chi connectivity index (χ2v) is 7.76. The highest BCUT2D eigenvalue weighted by Gasteiger charge is 2.24. The SMILES string of the molecule is C/C=C/CSC(N)=S.C1CCC(C2CCCCC2)CC1. The summed E-state index contributed by atoms with van der Waals surface area (Å²) in [6, 6.07) is 0. The van der Waals surface area contributed by atoms with Crippen LogP contribution in [0.4, 0.5) is 0 Å². The standard InChI is InChI=1S/C12H22.C5H9NS2/c1-3-7-11(8-4-1)12-9-5-2-6-10-12;1-2-3-4-8-5(6)7/h11-12H,1-10H2;2-3H,4H2,1H3,(H2,6,7)/b;3-2+. The summed E-state index contributed by atoms with van der Waals surface area (Å²) in [7, 11) is 0. The second-order valence-electron chi connectivity index (χ2n) is 6.00. The molecule has 2 N–H and O–H groups in total. The van der Waals surface area contributed by atoms with Crippen LogP contribution in [-0.2, 0) is 0 Å². The molecule has 0 unspecified atom stereocenters. The number of nitrogens with two attached hydrogens (primary N) is 1. The van der Waals surface area contributed by atoms with Gasteiger partial charge in [-0.2, -0.15) is 0 Å². The van der Waals surface area contributed by atoms with Gasteiger partial charge < -0.3 is 5.73 Å². The third kappa shape index (κ3) is 8.31. The lowest BCUT2D eigenvalue weighted by Crippen LogP contribution is -2.20. The Labute approximate surface area is 135 Å². The molecule has 0 amide bonds. The number of hydrogen-bond acceptors (Lipinski definition) is 2. The van der Waals surface area contributed by atoms with Crippen LogP contribution < -0.4 is 5.73 Å². The van der Waals surface area contributed by atoms with E-state index in [-0.39, 0.29) is 0 Å². The molecule has 0 atom stereocenters. The molecule has 0 radical (unpaired) electrons. The first kappa shape index (κ1) is 18.0. The summed E-state index contributed by atoms with van der Waals surface area (Å²) in [5.74, 6) is 3.17. The Hall–Kier alpha value is -0.0200. The summed E-state index contributed by atoms with van der Waals surface area (Å²) in [5.41, 5.74) is 5.19. The van der Waals surface area contributed by atoms with Crippen molar-refractivity contribution in [2.45, 2.75) is 71.1 Å². The van der Waals surface area contributed by atoms with Crippen LogP contribution in [0.3, 0.4) is 0 Å². The van der Waals surface area contributed by atoms with Gasteiger partial charge in [-0.25, -0.2) is 0 Å². The summed E-state index contributed by atoms with van der Waals surface area (Å²) in [6.07, 6.45) is 19.4. The van der Waals surface area contributed by atoms with E-state index in [1.165, 1.54) is 50.3 Å². The Bertz CT molecular complexity index is 261. The topological polar surface area (TPSA) is 26.0 Å². The van der Waals surface area contributed by atoms with E-state index in [2.05, 4.69) is 12.2 Å². The summed E-state index contributed by atoms with van der Waals surface area (Å²) in [5, 5.41) is 0. The van der Waals surface area contributed by atoms with Crippen LogP contribution in [0.1, 0.15) is 71.1 Å². The lowest BCUT2D eigenvalue weighted by Gasteiger charge is -2.32. The highest BCUT2D eigenvalue weighted by Crippen LogP contribution is 2.37. The fraction of sp³-hybridized carbons (Fsp3) is 0.824. The molecular weight excluding hydrogens is 282 g/mol. The van der Waals surface area contributed by atoms with E-state index in [1.54, 1.807) is 25.7 Å². The second kappa shape index (κ2) is 11.6. The maximum Gasteiger partial charge on any atom is 0.131 e. The van der Waals surface area contributed by atoms with Gasteiger partial charge in [-0.3, -0.25) is 0 Å². The first-order valence-corrected chi connectivity index (χ1v) is 9.66. The maximum atomic E-state index is 5.19. The molecule has 0 aromatic heterocycles. The van der Waals surface area contributed by atoms with Gasteiger partial charge in [0.25, 0.3) is 0 Å². The van der Waals surface area contributed by atoms with Crippen molar-refractivity contribution in [3.05, 3.63) is 12.2 Å². The molecule has 116 valence electrons. The highest BCUT2D eigenvalue weighted by atomic mass is 32.2. The van der Waals surface area contributed by atoms with Crippen molar-refractivity contribution >= 4 is 28.3 Å². The lowest BCUT2D eigenvalue weighted by atomic mass is 9.73. The molecule has 0 saturated heterocycles. The minimum Gasteiger partial charge on any atom is -0.385 e. The largest absolute Gasteiger partial charge is 0.385 e. The van der Waals surface area contributed by atoms with Gasteiger partial charge in [0.15, 0.2) is 0 Å². The average molecular weight is 314 g/mol. The van der Waals surface area contributed by atoms with Crippen molar-refractivity contribution in [1.29, 1.82) is 0 Å². The number of rotatable bonds is 3. The Balaban J connectivity index is 0.000000221. The summed E-state index contributed by atoms with van der Waals surface area (Å²) in [4.78, 5) is 0. The maximum absolute atomic E-state index is 5.19. The monoisotopic (exact) mass is 313 g/mol. The van der Waals surface area contributed by atoms with Crippen molar-refractivity contribution in [1.82, 2.24) is 0 Å². The van der Waals surface area contributed by atoms with Crippen LogP contribution in [-0.4, -0.2) is 10.1 Å². The van der Waals surface area contributed by atoms with E-state index in [1.807, 2.05) is 19.1 Å². The van der Waals surface area contributed by atoms with E-state index < -0.39 is 0 Å². The summed E-state index contributed by atoms with van der Waals surface area (Å²) < 4.78 is 0.517. The zero-order valence-corrected chi connectivity index (χ0v) is 14.6. The number of thioether (sulfide) groups is 1. The molecule has 2 fully saturated rings. The number of hydrogen-bond donors (Lipinski definition) is 1. The Morgan fingerprint density at radius 1 is 1.00 bits per heavy atom. The number of allylic oxidation sites excluding steroid dienone is 1. The zero-order valence-electron chi connectivity index (χ0n) is 13.0. The number of thiocarbonyl (C=S) groups is 1. The molecule has 0 aromatic carbocycles. The van der Waals surface area contributed by atoms with E-state index in [0.717, 1.165) is 17.6 Å². The van der Waals surface area contributed by atoms with Gasteiger partial charge in [0.1, 0.15) is 4.32 Å². The predicted molar refractivity (Wildman–Crippen MR) is 97.2 cm³/mol. The molecule has 0 spiro atoms. The molecule has 0 aromatic rings. The third-order valence-corrected chi connectivity index (χ3v) is 5.52. The van der Waals surface area contributed by atoms with Gasteiger partial charge in [0.05, 0.1) is 0 Å². The van der Waals surface area contributed by atoms with Gasteiger partial charge in [-0.05, 0) is 18.8 Å². The molecule has 2 saturated carbocycles. The zero-order chi connectivity index (χ0) is 14.6. The van der Waals surface area contributed by atoms with Gasteiger partial charge >= 0.3 is 0 Å². The van der Waals surface area contributed by atoms with E-state index >= 15 is 0 Å². The molecule has 2 aliphatic carbocycles. The van der Waals surface area contributed by atoms with Crippen molar-refractivity contribution in [3.63, 3.8) is 0 Å². The molecule has 20 heavy (non-hydrogen) atoms. The summed E-state index contributed by atoms with van der Waals surface area (Å²) >= 11 is 6.09.